The SMILES string of the molecule is Cc1noc(C)c1S(=O)(=O)N1CCCN(Cc2ccncc2)C(c2ccccc2)CC(=O)NCC1. The number of hydrogen-bond acceptors (Lipinski definition) is 7. The molecule has 10 heteroatoms. The maximum Gasteiger partial charge on any atom is 0.248 e. The number of aryl methyl sites for hydroxylation is 2. The molecule has 1 amide bonds. The summed E-state index contributed by atoms with van der Waals surface area (Å²) < 4.78 is 33.5. The molecule has 35 heavy (non-hydrogen) atoms. The van der Waals surface area contributed by atoms with Gasteiger partial charge in [0.15, 0.2) is 5.76 Å². The van der Waals surface area contributed by atoms with Crippen molar-refractivity contribution in [3.8, 4) is 0 Å². The van der Waals surface area contributed by atoms with Gasteiger partial charge in [-0.2, -0.15) is 4.31 Å². The highest BCUT2D eigenvalue weighted by molar-refractivity contribution is 7.89. The number of benzene rings is 1. The van der Waals surface area contributed by atoms with E-state index >= 15 is 0 Å². The predicted molar refractivity (Wildman–Crippen MR) is 131 cm³/mol. The minimum Gasteiger partial charge on any atom is -0.360 e. The topological polar surface area (TPSA) is 109 Å². The van der Waals surface area contributed by atoms with E-state index in [-0.39, 0.29) is 42.1 Å². The fourth-order valence-corrected chi connectivity index (χ4v) is 6.31. The van der Waals surface area contributed by atoms with Crippen LogP contribution >= 0.6 is 0 Å². The Morgan fingerprint density at radius 1 is 1.06 bits per heavy atom. The lowest BCUT2D eigenvalue weighted by Crippen LogP contribution is -2.39. The largest absolute Gasteiger partial charge is 0.360 e. The number of amides is 1. The van der Waals surface area contributed by atoms with Gasteiger partial charge in [0, 0.05) is 57.6 Å². The first-order valence-corrected chi connectivity index (χ1v) is 13.2. The molecular formula is C25H31N5O4S. The maximum atomic E-state index is 13.5. The van der Waals surface area contributed by atoms with Gasteiger partial charge < -0.3 is 9.84 Å². The highest BCUT2D eigenvalue weighted by atomic mass is 32.2. The van der Waals surface area contributed by atoms with Crippen molar-refractivity contribution < 1.29 is 17.7 Å². The molecule has 1 atom stereocenters. The van der Waals surface area contributed by atoms with Crippen LogP contribution in [0.5, 0.6) is 0 Å². The van der Waals surface area contributed by atoms with Crippen molar-refractivity contribution in [3.63, 3.8) is 0 Å². The highest BCUT2D eigenvalue weighted by Crippen LogP contribution is 2.28. The fourth-order valence-electron chi connectivity index (χ4n) is 4.54. The van der Waals surface area contributed by atoms with Crippen LogP contribution in [0.4, 0.5) is 0 Å². The van der Waals surface area contributed by atoms with E-state index in [0.717, 1.165) is 11.1 Å². The molecule has 3 aromatic rings. The summed E-state index contributed by atoms with van der Waals surface area (Å²) in [5, 5.41) is 6.74. The first-order chi connectivity index (χ1) is 16.9. The second-order valence-electron chi connectivity index (χ2n) is 8.72. The molecule has 0 aliphatic carbocycles. The molecule has 1 unspecified atom stereocenters. The van der Waals surface area contributed by atoms with Crippen LogP contribution in [0.25, 0.3) is 0 Å². The first kappa shape index (κ1) is 25.0. The number of carbonyl (C=O) groups excluding carboxylic acids is 1. The molecule has 1 saturated heterocycles. The van der Waals surface area contributed by atoms with Gasteiger partial charge in [-0.3, -0.25) is 14.7 Å². The molecule has 1 aliphatic rings. The Kier molecular flexibility index (Phi) is 7.94. The third-order valence-corrected chi connectivity index (χ3v) is 8.38. The molecule has 1 aromatic carbocycles. The molecule has 0 saturated carbocycles. The molecule has 4 rings (SSSR count). The lowest BCUT2D eigenvalue weighted by atomic mass is 10.0. The summed E-state index contributed by atoms with van der Waals surface area (Å²) in [5.41, 5.74) is 2.47. The number of hydrogen-bond donors (Lipinski definition) is 1. The lowest BCUT2D eigenvalue weighted by Gasteiger charge is -2.32. The van der Waals surface area contributed by atoms with Gasteiger partial charge in [-0.25, -0.2) is 8.42 Å². The fraction of sp³-hybridized carbons (Fsp3) is 0.400. The Labute approximate surface area is 206 Å². The monoisotopic (exact) mass is 497 g/mol. The van der Waals surface area contributed by atoms with Gasteiger partial charge in [0.25, 0.3) is 0 Å². The Morgan fingerprint density at radius 2 is 1.80 bits per heavy atom. The Hall–Kier alpha value is -3.08. The molecule has 9 nitrogen and oxygen atoms in total. The molecule has 3 heterocycles. The van der Waals surface area contributed by atoms with Gasteiger partial charge >= 0.3 is 0 Å². The first-order valence-electron chi connectivity index (χ1n) is 11.7. The normalized spacial score (nSPS) is 19.1. The van der Waals surface area contributed by atoms with E-state index in [1.807, 2.05) is 42.5 Å². The van der Waals surface area contributed by atoms with Crippen LogP contribution in [0.15, 0.2) is 64.3 Å². The third kappa shape index (κ3) is 5.95. The van der Waals surface area contributed by atoms with Gasteiger partial charge in [-0.05, 0) is 43.5 Å². The van der Waals surface area contributed by atoms with Crippen molar-refractivity contribution in [2.45, 2.75) is 44.2 Å². The standard InChI is InChI=1S/C25H31N5O4S/c1-19-25(20(2)34-28-19)35(32,33)30-15-6-14-29(18-21-9-11-26-12-10-21)23(17-24(31)27-13-16-30)22-7-4-3-5-8-22/h3-5,7-12,23H,6,13-18H2,1-2H3,(H,27,31). The molecular weight excluding hydrogens is 466 g/mol. The second kappa shape index (κ2) is 11.1. The molecule has 0 bridgehead atoms. The van der Waals surface area contributed by atoms with Crippen LogP contribution in [0, 0.1) is 13.8 Å². The predicted octanol–water partition coefficient (Wildman–Crippen LogP) is 2.83. The highest BCUT2D eigenvalue weighted by Gasteiger charge is 2.32. The summed E-state index contributed by atoms with van der Waals surface area (Å²) in [7, 11) is -3.82. The van der Waals surface area contributed by atoms with E-state index in [1.54, 1.807) is 26.2 Å². The van der Waals surface area contributed by atoms with E-state index in [9.17, 15) is 13.2 Å². The molecule has 1 fully saturated rings. The van der Waals surface area contributed by atoms with Crippen LogP contribution in [-0.4, -0.2) is 59.8 Å². The Bertz CT molecular complexity index is 1210. The number of sulfonamides is 1. The third-order valence-electron chi connectivity index (χ3n) is 6.24. The number of aromatic nitrogens is 2. The number of rotatable bonds is 5. The van der Waals surface area contributed by atoms with Crippen LogP contribution in [-0.2, 0) is 21.4 Å². The number of nitrogens with zero attached hydrogens (tertiary/aromatic N) is 4. The van der Waals surface area contributed by atoms with E-state index in [4.69, 9.17) is 4.52 Å². The van der Waals surface area contributed by atoms with Crippen LogP contribution in [0.3, 0.4) is 0 Å². The zero-order valence-corrected chi connectivity index (χ0v) is 20.9. The maximum absolute atomic E-state index is 13.5. The van der Waals surface area contributed by atoms with Crippen LogP contribution in [0.1, 0.15) is 41.5 Å². The van der Waals surface area contributed by atoms with Crippen molar-refractivity contribution in [3.05, 3.63) is 77.4 Å². The average Bonchev–Trinajstić information content (AvgIpc) is 3.18. The summed E-state index contributed by atoms with van der Waals surface area (Å²) in [6.07, 6.45) is 4.39. The van der Waals surface area contributed by atoms with E-state index in [2.05, 4.69) is 20.4 Å². The summed E-state index contributed by atoms with van der Waals surface area (Å²) >= 11 is 0. The summed E-state index contributed by atoms with van der Waals surface area (Å²) in [6, 6.07) is 13.7. The molecule has 1 N–H and O–H groups in total. The Morgan fingerprint density at radius 3 is 2.49 bits per heavy atom. The molecule has 2 aromatic heterocycles. The van der Waals surface area contributed by atoms with Gasteiger partial charge in [-0.1, -0.05) is 35.5 Å². The van der Waals surface area contributed by atoms with Gasteiger partial charge in [0.05, 0.1) is 0 Å². The Balaban J connectivity index is 1.63. The van der Waals surface area contributed by atoms with Crippen molar-refractivity contribution >= 4 is 15.9 Å². The van der Waals surface area contributed by atoms with Gasteiger partial charge in [-0.15, -0.1) is 0 Å². The van der Waals surface area contributed by atoms with E-state index in [0.29, 0.717) is 31.7 Å². The summed E-state index contributed by atoms with van der Waals surface area (Å²) in [6.45, 7) is 5.18. The molecule has 186 valence electrons. The number of carbonyl (C=O) groups is 1. The van der Waals surface area contributed by atoms with Crippen molar-refractivity contribution in [1.82, 2.24) is 24.7 Å². The van der Waals surface area contributed by atoms with Crippen molar-refractivity contribution in [1.29, 1.82) is 0 Å². The number of nitrogens with one attached hydrogen (secondary N) is 1. The number of pyridine rings is 1. The minimum atomic E-state index is -3.82. The molecule has 1 aliphatic heterocycles. The van der Waals surface area contributed by atoms with Crippen LogP contribution < -0.4 is 5.32 Å². The van der Waals surface area contributed by atoms with Gasteiger partial charge in [0.2, 0.25) is 15.9 Å². The lowest BCUT2D eigenvalue weighted by molar-refractivity contribution is -0.122. The quantitative estimate of drug-likeness (QED) is 0.577. The minimum absolute atomic E-state index is 0.106. The molecule has 0 radical (unpaired) electrons. The smallest absolute Gasteiger partial charge is 0.248 e. The average molecular weight is 498 g/mol. The summed E-state index contributed by atoms with van der Waals surface area (Å²) in [5.74, 6) is 0.152. The van der Waals surface area contributed by atoms with E-state index in [1.165, 1.54) is 4.31 Å². The second-order valence-corrected chi connectivity index (χ2v) is 10.6. The van der Waals surface area contributed by atoms with Crippen LogP contribution in [0.2, 0.25) is 0 Å². The zero-order valence-electron chi connectivity index (χ0n) is 20.1. The summed E-state index contributed by atoms with van der Waals surface area (Å²) in [4.78, 5) is 19.4. The van der Waals surface area contributed by atoms with Gasteiger partial charge in [0.1, 0.15) is 10.6 Å². The van der Waals surface area contributed by atoms with Crippen molar-refractivity contribution in [2.75, 3.05) is 26.2 Å². The zero-order chi connectivity index (χ0) is 24.8. The molecule has 0 spiro atoms. The van der Waals surface area contributed by atoms with E-state index < -0.39 is 10.0 Å². The van der Waals surface area contributed by atoms with Crippen molar-refractivity contribution in [2.24, 2.45) is 0 Å².